The molecule has 1 aromatic rings. The molecule has 0 saturated heterocycles. The van der Waals surface area contributed by atoms with Crippen molar-refractivity contribution < 1.29 is 19.4 Å². The average molecular weight is 597 g/mol. The molecular formula is C37H50ClFO3. The molecule has 5 aliphatic carbocycles. The van der Waals surface area contributed by atoms with Crippen molar-refractivity contribution in [2.24, 2.45) is 56.7 Å². The summed E-state index contributed by atoms with van der Waals surface area (Å²) in [6.07, 6.45) is 13.5. The second kappa shape index (κ2) is 9.93. The molecule has 5 saturated carbocycles. The van der Waals surface area contributed by atoms with Crippen LogP contribution in [0.1, 0.15) is 104 Å². The third-order valence-electron chi connectivity index (χ3n) is 14.7. The van der Waals surface area contributed by atoms with Crippen molar-refractivity contribution in [1.82, 2.24) is 0 Å². The predicted molar refractivity (Wildman–Crippen MR) is 167 cm³/mol. The minimum absolute atomic E-state index is 0.0603. The Morgan fingerprint density at radius 3 is 2.38 bits per heavy atom. The third-order valence-corrected chi connectivity index (χ3v) is 15.0. The van der Waals surface area contributed by atoms with Crippen molar-refractivity contribution in [3.8, 4) is 0 Å². The summed E-state index contributed by atoms with van der Waals surface area (Å²) in [5.41, 5.74) is 1.43. The Morgan fingerprint density at radius 2 is 1.69 bits per heavy atom. The molecule has 0 aromatic heterocycles. The van der Waals surface area contributed by atoms with E-state index in [0.29, 0.717) is 24.2 Å². The molecule has 0 radical (unpaired) electrons. The van der Waals surface area contributed by atoms with E-state index in [2.05, 4.69) is 41.2 Å². The molecule has 1 aromatic carbocycles. The SMILES string of the molecule is C=C(/C=C/c1ccc(F)c(Cl)c1)[C@@H]1CC[C@]2(C(=O)O)CC[C@]3(C)[C@H](CC[C@@H]4[C@@]5(C)CC[C@H](O)C(C)(C)[C@@H]5CC[C@]43C)[C@@H]12. The summed E-state index contributed by atoms with van der Waals surface area (Å²) < 4.78 is 13.7. The van der Waals surface area contributed by atoms with E-state index in [4.69, 9.17) is 11.6 Å². The molecule has 230 valence electrons. The van der Waals surface area contributed by atoms with Crippen LogP contribution in [0, 0.1) is 62.5 Å². The molecule has 5 fully saturated rings. The molecule has 0 aliphatic heterocycles. The number of carbonyl (C=O) groups is 1. The van der Waals surface area contributed by atoms with Crippen molar-refractivity contribution in [2.75, 3.05) is 0 Å². The Morgan fingerprint density at radius 1 is 0.952 bits per heavy atom. The van der Waals surface area contributed by atoms with Gasteiger partial charge in [-0.1, -0.05) is 76.6 Å². The van der Waals surface area contributed by atoms with E-state index >= 15 is 0 Å². The van der Waals surface area contributed by atoms with Gasteiger partial charge in [0.1, 0.15) is 5.82 Å². The van der Waals surface area contributed by atoms with Crippen LogP contribution in [0.15, 0.2) is 36.4 Å². The monoisotopic (exact) mass is 596 g/mol. The first-order chi connectivity index (χ1) is 19.6. The number of carboxylic acid groups (broad SMARTS) is 1. The highest BCUT2D eigenvalue weighted by atomic mass is 35.5. The van der Waals surface area contributed by atoms with E-state index < -0.39 is 17.2 Å². The van der Waals surface area contributed by atoms with Crippen LogP contribution in [0.4, 0.5) is 4.39 Å². The van der Waals surface area contributed by atoms with Crippen molar-refractivity contribution in [3.63, 3.8) is 0 Å². The standard InChI is InChI=1S/C37H50ClFO3/c1-22(7-8-23-9-11-27(39)26(38)21-23)24-13-18-37(32(41)42)20-19-35(5)25(31(24)37)10-12-29-34(4)16-15-30(40)33(2,3)28(34)14-17-36(29,35)6/h7-9,11,21,24-25,28-31,40H,1,10,12-20H2,2-6H3,(H,41,42)/b8-7+/t24-,25+,28-,29+,30-,31+,34-,35+,36+,37-/m0/s1. The van der Waals surface area contributed by atoms with Gasteiger partial charge < -0.3 is 10.2 Å². The van der Waals surface area contributed by atoms with Crippen LogP contribution in [0.5, 0.6) is 0 Å². The number of fused-ring (bicyclic) bond motifs is 7. The molecule has 5 aliphatic rings. The summed E-state index contributed by atoms with van der Waals surface area (Å²) in [4.78, 5) is 13.1. The first kappa shape index (κ1) is 30.4. The van der Waals surface area contributed by atoms with Crippen LogP contribution in [0.2, 0.25) is 5.02 Å². The highest BCUT2D eigenvalue weighted by Gasteiger charge is 2.72. The van der Waals surface area contributed by atoms with Crippen LogP contribution in [-0.4, -0.2) is 22.3 Å². The van der Waals surface area contributed by atoms with E-state index in [1.807, 2.05) is 12.2 Å². The number of rotatable bonds is 4. The Bertz CT molecular complexity index is 1320. The number of aliphatic hydroxyl groups is 1. The lowest BCUT2D eigenvalue weighted by Crippen LogP contribution is -2.67. The van der Waals surface area contributed by atoms with Gasteiger partial charge in [-0.15, -0.1) is 0 Å². The quantitative estimate of drug-likeness (QED) is 0.340. The molecule has 5 heteroatoms. The molecule has 0 amide bonds. The second-order valence-electron chi connectivity index (χ2n) is 16.3. The Kier molecular flexibility index (Phi) is 7.18. The molecule has 3 nitrogen and oxygen atoms in total. The lowest BCUT2D eigenvalue weighted by atomic mass is 9.32. The predicted octanol–water partition coefficient (Wildman–Crippen LogP) is 9.58. The number of aliphatic hydroxyl groups excluding tert-OH is 1. The normalized spacial score (nSPS) is 45.9. The van der Waals surface area contributed by atoms with Gasteiger partial charge in [0.05, 0.1) is 16.5 Å². The molecule has 2 N–H and O–H groups in total. The van der Waals surface area contributed by atoms with Crippen molar-refractivity contribution in [2.45, 2.75) is 105 Å². The fraction of sp³-hybridized carbons (Fsp3) is 0.703. The average Bonchev–Trinajstić information content (AvgIpc) is 3.33. The number of allylic oxidation sites excluding steroid dienone is 2. The Labute approximate surface area is 257 Å². The van der Waals surface area contributed by atoms with Crippen LogP contribution in [0.3, 0.4) is 0 Å². The van der Waals surface area contributed by atoms with Gasteiger partial charge in [-0.3, -0.25) is 4.79 Å². The van der Waals surface area contributed by atoms with E-state index in [9.17, 15) is 19.4 Å². The fourth-order valence-electron chi connectivity index (χ4n) is 12.3. The van der Waals surface area contributed by atoms with Gasteiger partial charge in [-0.05, 0) is 133 Å². The molecule has 10 atom stereocenters. The molecule has 0 bridgehead atoms. The minimum Gasteiger partial charge on any atom is -0.481 e. The van der Waals surface area contributed by atoms with Crippen LogP contribution in [0.25, 0.3) is 6.08 Å². The number of hydrogen-bond acceptors (Lipinski definition) is 2. The summed E-state index contributed by atoms with van der Waals surface area (Å²) in [6, 6.07) is 4.72. The van der Waals surface area contributed by atoms with Gasteiger partial charge in [-0.2, -0.15) is 0 Å². The molecule has 0 unspecified atom stereocenters. The summed E-state index contributed by atoms with van der Waals surface area (Å²) in [6.45, 7) is 16.7. The van der Waals surface area contributed by atoms with Crippen LogP contribution < -0.4 is 0 Å². The van der Waals surface area contributed by atoms with Gasteiger partial charge in [0.15, 0.2) is 0 Å². The first-order valence-corrected chi connectivity index (χ1v) is 16.7. The molecular weight excluding hydrogens is 547 g/mol. The van der Waals surface area contributed by atoms with Crippen molar-refractivity contribution in [1.29, 1.82) is 0 Å². The number of carboxylic acids is 1. The number of aliphatic carboxylic acids is 1. The zero-order chi connectivity index (χ0) is 30.5. The smallest absolute Gasteiger partial charge is 0.309 e. The number of halogens is 2. The zero-order valence-corrected chi connectivity index (χ0v) is 26.9. The maximum absolute atomic E-state index is 13.7. The van der Waals surface area contributed by atoms with Crippen LogP contribution in [-0.2, 0) is 4.79 Å². The largest absolute Gasteiger partial charge is 0.481 e. The van der Waals surface area contributed by atoms with Gasteiger partial charge in [0.25, 0.3) is 0 Å². The van der Waals surface area contributed by atoms with Crippen molar-refractivity contribution >= 4 is 23.6 Å². The maximum atomic E-state index is 13.7. The Hall–Kier alpha value is -1.65. The Balaban J connectivity index is 1.34. The van der Waals surface area contributed by atoms with E-state index in [1.54, 1.807) is 12.1 Å². The fourth-order valence-corrected chi connectivity index (χ4v) is 12.5. The van der Waals surface area contributed by atoms with Crippen LogP contribution >= 0.6 is 11.6 Å². The molecule has 0 spiro atoms. The van der Waals surface area contributed by atoms with Gasteiger partial charge in [0.2, 0.25) is 0 Å². The summed E-state index contributed by atoms with van der Waals surface area (Å²) >= 11 is 6.03. The lowest BCUT2D eigenvalue weighted by molar-refractivity contribution is -0.248. The summed E-state index contributed by atoms with van der Waals surface area (Å²) in [7, 11) is 0. The minimum atomic E-state index is -0.688. The zero-order valence-electron chi connectivity index (χ0n) is 26.2. The molecule has 6 rings (SSSR count). The van der Waals surface area contributed by atoms with Gasteiger partial charge >= 0.3 is 5.97 Å². The highest BCUT2D eigenvalue weighted by molar-refractivity contribution is 6.30. The van der Waals surface area contributed by atoms with Gasteiger partial charge in [-0.25, -0.2) is 4.39 Å². The first-order valence-electron chi connectivity index (χ1n) is 16.4. The maximum Gasteiger partial charge on any atom is 0.309 e. The summed E-state index contributed by atoms with van der Waals surface area (Å²) in [5, 5.41) is 21.9. The number of hydrogen-bond donors (Lipinski definition) is 2. The molecule has 42 heavy (non-hydrogen) atoms. The lowest BCUT2D eigenvalue weighted by Gasteiger charge is -2.72. The van der Waals surface area contributed by atoms with E-state index in [-0.39, 0.29) is 44.6 Å². The van der Waals surface area contributed by atoms with E-state index in [0.717, 1.165) is 68.9 Å². The molecule has 0 heterocycles. The second-order valence-corrected chi connectivity index (χ2v) is 16.7. The topological polar surface area (TPSA) is 57.5 Å². The third kappa shape index (κ3) is 4.02. The van der Waals surface area contributed by atoms with Gasteiger partial charge in [0, 0.05) is 0 Å². The van der Waals surface area contributed by atoms with Crippen molar-refractivity contribution in [3.05, 3.63) is 52.8 Å². The number of benzene rings is 1. The highest BCUT2D eigenvalue weighted by Crippen LogP contribution is 2.77. The summed E-state index contributed by atoms with van der Waals surface area (Å²) in [5.74, 6) is 0.563. The van der Waals surface area contributed by atoms with E-state index in [1.165, 1.54) is 6.07 Å².